The normalized spacial score (nSPS) is 11.4. The molecule has 8 heteroatoms. The smallest absolute Gasteiger partial charge is 0.164 e. The molecule has 6 nitrogen and oxygen atoms in total. The molecule has 4 heterocycles. The number of benzene rings is 7. The van der Waals surface area contributed by atoms with Crippen LogP contribution in [0.4, 0.5) is 0 Å². The van der Waals surface area contributed by atoms with E-state index in [1.165, 1.54) is 4.70 Å². The van der Waals surface area contributed by atoms with Gasteiger partial charge in [-0.2, -0.15) is 5.26 Å². The Bertz CT molecular complexity index is 3400. The Balaban J connectivity index is 1.09. The number of nitriles is 1. The molecule has 0 aliphatic carbocycles. The summed E-state index contributed by atoms with van der Waals surface area (Å²) in [5.41, 5.74) is 9.06. The van der Waals surface area contributed by atoms with Gasteiger partial charge in [0, 0.05) is 58.1 Å². The first-order chi connectivity index (χ1) is 28.7. The average molecular weight is 777 g/mol. The lowest BCUT2D eigenvalue weighted by Crippen LogP contribution is -2.00. The van der Waals surface area contributed by atoms with Crippen molar-refractivity contribution in [2.45, 2.75) is 0 Å². The highest BCUT2D eigenvalue weighted by Gasteiger charge is 2.20. The Morgan fingerprint density at radius 3 is 1.78 bits per heavy atom. The minimum absolute atomic E-state index is 0.569. The van der Waals surface area contributed by atoms with E-state index in [1.54, 1.807) is 22.7 Å². The van der Waals surface area contributed by atoms with Crippen molar-refractivity contribution < 1.29 is 0 Å². The van der Waals surface area contributed by atoms with Crippen LogP contribution in [0, 0.1) is 11.3 Å². The first kappa shape index (κ1) is 33.9. The highest BCUT2D eigenvalue weighted by atomic mass is 32.1. The van der Waals surface area contributed by atoms with Gasteiger partial charge in [0.15, 0.2) is 23.3 Å². The minimum atomic E-state index is 0.569. The fraction of sp³-hybridized carbons (Fsp3) is 0. The fourth-order valence-corrected chi connectivity index (χ4v) is 9.90. The van der Waals surface area contributed by atoms with Crippen molar-refractivity contribution in [3.63, 3.8) is 0 Å². The summed E-state index contributed by atoms with van der Waals surface area (Å²) in [5, 5.41) is 13.0. The Hall–Kier alpha value is -7.44. The summed E-state index contributed by atoms with van der Waals surface area (Å²) in [6.07, 6.45) is 0. The standard InChI is InChI=1S/C50H28N6S2/c51-29-35-16-7-8-17-36(35)30-22-24-33(25-23-30)48-54-47(32-14-5-2-6-15-32)55-50(56-48)38-19-11-21-42-43(38)39-28-34(26-27-41(39)57-42)49-52-44(31-12-3-1-4-13-31)46-45(53-49)37-18-9-10-20-40(37)58-46/h1-28H. The third-order valence-electron chi connectivity index (χ3n) is 10.4. The molecule has 0 atom stereocenters. The van der Waals surface area contributed by atoms with Crippen molar-refractivity contribution >= 4 is 63.1 Å². The summed E-state index contributed by atoms with van der Waals surface area (Å²) in [5.74, 6) is 2.43. The number of nitrogens with zero attached hydrogens (tertiary/aromatic N) is 6. The minimum Gasteiger partial charge on any atom is -0.226 e. The van der Waals surface area contributed by atoms with E-state index in [9.17, 15) is 5.26 Å². The molecule has 0 spiro atoms. The van der Waals surface area contributed by atoms with Crippen LogP contribution in [-0.4, -0.2) is 24.9 Å². The van der Waals surface area contributed by atoms with Gasteiger partial charge >= 0.3 is 0 Å². The summed E-state index contributed by atoms with van der Waals surface area (Å²) >= 11 is 3.49. The number of aromatic nitrogens is 5. The first-order valence-electron chi connectivity index (χ1n) is 18.8. The second-order valence-electron chi connectivity index (χ2n) is 13.9. The molecule has 4 aromatic heterocycles. The fourth-order valence-electron chi connectivity index (χ4n) is 7.64. The third-order valence-corrected chi connectivity index (χ3v) is 12.7. The van der Waals surface area contributed by atoms with Gasteiger partial charge in [0.25, 0.3) is 0 Å². The Labute approximate surface area is 341 Å². The Morgan fingerprint density at radius 1 is 0.397 bits per heavy atom. The maximum absolute atomic E-state index is 9.73. The van der Waals surface area contributed by atoms with Gasteiger partial charge in [0.2, 0.25) is 0 Å². The van der Waals surface area contributed by atoms with Crippen molar-refractivity contribution in [3.05, 3.63) is 175 Å². The molecule has 0 bridgehead atoms. The van der Waals surface area contributed by atoms with Crippen molar-refractivity contribution in [1.82, 2.24) is 24.9 Å². The van der Waals surface area contributed by atoms with E-state index in [2.05, 4.69) is 91.0 Å². The van der Waals surface area contributed by atoms with E-state index in [0.29, 0.717) is 28.9 Å². The van der Waals surface area contributed by atoms with E-state index < -0.39 is 0 Å². The van der Waals surface area contributed by atoms with Gasteiger partial charge in [-0.3, -0.25) is 0 Å². The summed E-state index contributed by atoms with van der Waals surface area (Å²) in [4.78, 5) is 25.8. The summed E-state index contributed by atoms with van der Waals surface area (Å²) in [6.45, 7) is 0. The zero-order valence-corrected chi connectivity index (χ0v) is 32.3. The van der Waals surface area contributed by atoms with Crippen LogP contribution in [0.5, 0.6) is 0 Å². The molecule has 0 aliphatic rings. The molecule has 0 aliphatic heterocycles. The molecule has 0 unspecified atom stereocenters. The lowest BCUT2D eigenvalue weighted by Gasteiger charge is -2.11. The van der Waals surface area contributed by atoms with Gasteiger partial charge in [-0.1, -0.05) is 133 Å². The molecule has 0 saturated heterocycles. The number of hydrogen-bond acceptors (Lipinski definition) is 8. The monoisotopic (exact) mass is 776 g/mol. The predicted octanol–water partition coefficient (Wildman–Crippen LogP) is 13.3. The molecule has 0 N–H and O–H groups in total. The van der Waals surface area contributed by atoms with Gasteiger partial charge in [-0.25, -0.2) is 24.9 Å². The highest BCUT2D eigenvalue weighted by molar-refractivity contribution is 7.26. The van der Waals surface area contributed by atoms with Crippen molar-refractivity contribution in [2.24, 2.45) is 0 Å². The van der Waals surface area contributed by atoms with Gasteiger partial charge in [0.1, 0.15) is 0 Å². The predicted molar refractivity (Wildman–Crippen MR) is 239 cm³/mol. The van der Waals surface area contributed by atoms with Gasteiger partial charge in [0.05, 0.1) is 27.5 Å². The van der Waals surface area contributed by atoms with Crippen LogP contribution in [-0.2, 0) is 0 Å². The molecule has 7 aromatic carbocycles. The number of fused-ring (bicyclic) bond motifs is 6. The quantitative estimate of drug-likeness (QED) is 0.167. The van der Waals surface area contributed by atoms with Crippen LogP contribution in [0.15, 0.2) is 170 Å². The highest BCUT2D eigenvalue weighted by Crippen LogP contribution is 2.43. The van der Waals surface area contributed by atoms with E-state index in [1.807, 2.05) is 84.9 Å². The van der Waals surface area contributed by atoms with E-state index in [-0.39, 0.29) is 0 Å². The topological polar surface area (TPSA) is 88.2 Å². The second-order valence-corrected chi connectivity index (χ2v) is 16.1. The molecule has 0 amide bonds. The lowest BCUT2D eigenvalue weighted by atomic mass is 9.99. The summed E-state index contributed by atoms with van der Waals surface area (Å²) in [6, 6.07) is 59.8. The van der Waals surface area contributed by atoms with Crippen LogP contribution < -0.4 is 0 Å². The van der Waals surface area contributed by atoms with E-state index in [4.69, 9.17) is 24.9 Å². The van der Waals surface area contributed by atoms with E-state index in [0.717, 1.165) is 80.4 Å². The van der Waals surface area contributed by atoms with Crippen LogP contribution in [0.1, 0.15) is 5.56 Å². The zero-order chi connectivity index (χ0) is 38.6. The number of thiophene rings is 2. The largest absolute Gasteiger partial charge is 0.226 e. The first-order valence-corrected chi connectivity index (χ1v) is 20.4. The molecule has 0 saturated carbocycles. The van der Waals surface area contributed by atoms with Gasteiger partial charge < -0.3 is 0 Å². The maximum Gasteiger partial charge on any atom is 0.164 e. The van der Waals surface area contributed by atoms with Crippen LogP contribution in [0.25, 0.3) is 108 Å². The van der Waals surface area contributed by atoms with Crippen LogP contribution >= 0.6 is 22.7 Å². The molecule has 58 heavy (non-hydrogen) atoms. The van der Waals surface area contributed by atoms with Gasteiger partial charge in [-0.05, 0) is 47.5 Å². The Morgan fingerprint density at radius 2 is 0.983 bits per heavy atom. The molecule has 0 radical (unpaired) electrons. The van der Waals surface area contributed by atoms with Crippen molar-refractivity contribution in [2.75, 3.05) is 0 Å². The van der Waals surface area contributed by atoms with Crippen molar-refractivity contribution in [1.29, 1.82) is 5.26 Å². The summed E-state index contributed by atoms with van der Waals surface area (Å²) in [7, 11) is 0. The third kappa shape index (κ3) is 5.80. The van der Waals surface area contributed by atoms with Crippen LogP contribution in [0.2, 0.25) is 0 Å². The zero-order valence-electron chi connectivity index (χ0n) is 30.7. The Kier molecular flexibility index (Phi) is 8.14. The molecular weight excluding hydrogens is 749 g/mol. The average Bonchev–Trinajstić information content (AvgIpc) is 3.87. The maximum atomic E-state index is 9.73. The molecule has 0 fully saturated rings. The molecule has 11 aromatic rings. The lowest BCUT2D eigenvalue weighted by molar-refractivity contribution is 1.08. The second kappa shape index (κ2) is 13.9. The number of rotatable bonds is 6. The van der Waals surface area contributed by atoms with Crippen molar-refractivity contribution in [3.8, 4) is 74.0 Å². The summed E-state index contributed by atoms with van der Waals surface area (Å²) < 4.78 is 4.57. The molecule has 11 rings (SSSR count). The van der Waals surface area contributed by atoms with E-state index >= 15 is 0 Å². The SMILES string of the molecule is N#Cc1ccccc1-c1ccc(-c2nc(-c3ccccc3)nc(-c3cccc4sc5ccc(-c6nc(-c7ccccc7)c7sc8ccccc8c7n6)cc5c34)n2)cc1. The molecule has 270 valence electrons. The van der Waals surface area contributed by atoms with Gasteiger partial charge in [-0.15, -0.1) is 22.7 Å². The molecular formula is C50H28N6S2. The van der Waals surface area contributed by atoms with Crippen LogP contribution in [0.3, 0.4) is 0 Å². The number of hydrogen-bond donors (Lipinski definition) is 0.